The highest BCUT2D eigenvalue weighted by Crippen LogP contribution is 2.22. The summed E-state index contributed by atoms with van der Waals surface area (Å²) in [5.74, 6) is 0.750. The summed E-state index contributed by atoms with van der Waals surface area (Å²) in [6.45, 7) is 8.32. The molecule has 0 spiro atoms. The third kappa shape index (κ3) is 3.30. The van der Waals surface area contributed by atoms with E-state index in [-0.39, 0.29) is 5.91 Å². The maximum absolute atomic E-state index is 12.7. The van der Waals surface area contributed by atoms with Gasteiger partial charge in [0.05, 0.1) is 23.9 Å². The Kier molecular flexibility index (Phi) is 4.60. The third-order valence-electron chi connectivity index (χ3n) is 4.63. The van der Waals surface area contributed by atoms with Crippen LogP contribution in [0.2, 0.25) is 0 Å². The van der Waals surface area contributed by atoms with E-state index >= 15 is 0 Å². The summed E-state index contributed by atoms with van der Waals surface area (Å²) in [6.07, 6.45) is 4.15. The zero-order chi connectivity index (χ0) is 17.3. The van der Waals surface area contributed by atoms with Gasteiger partial charge in [-0.25, -0.2) is 4.98 Å². The van der Waals surface area contributed by atoms with Gasteiger partial charge in [-0.15, -0.1) is 0 Å². The number of imidazole rings is 1. The van der Waals surface area contributed by atoms with Crippen LogP contribution in [-0.2, 0) is 15.1 Å². The fourth-order valence-electron chi connectivity index (χ4n) is 3.16. The first kappa shape index (κ1) is 16.9. The third-order valence-corrected chi connectivity index (χ3v) is 4.63. The Labute approximate surface area is 142 Å². The molecule has 0 bridgehead atoms. The van der Waals surface area contributed by atoms with Gasteiger partial charge in [0.15, 0.2) is 0 Å². The molecule has 1 aliphatic heterocycles. The van der Waals surface area contributed by atoms with Crippen LogP contribution >= 0.6 is 0 Å². The molecule has 2 aromatic heterocycles. The molecular formula is C18H26N4O2. The summed E-state index contributed by atoms with van der Waals surface area (Å²) in [6, 6.07) is 4.05. The molecule has 1 N–H and O–H groups in total. The molecule has 1 amide bonds. The first-order valence-corrected chi connectivity index (χ1v) is 8.44. The van der Waals surface area contributed by atoms with E-state index in [1.54, 1.807) is 0 Å². The maximum atomic E-state index is 12.7. The second-order valence-electron chi connectivity index (χ2n) is 7.09. The van der Waals surface area contributed by atoms with Gasteiger partial charge in [0.1, 0.15) is 11.9 Å². The lowest BCUT2D eigenvalue weighted by atomic mass is 10.0. The Morgan fingerprint density at radius 1 is 1.42 bits per heavy atom. The number of carbonyl (C=O) groups excluding carboxylic acids is 1. The number of hydrogen-bond acceptors (Lipinski definition) is 4. The number of carbonyl (C=O) groups is 1. The molecule has 1 aliphatic rings. The Morgan fingerprint density at radius 3 is 3.00 bits per heavy atom. The van der Waals surface area contributed by atoms with Gasteiger partial charge in [0, 0.05) is 19.3 Å². The highest BCUT2D eigenvalue weighted by atomic mass is 16.5. The molecule has 0 aromatic carbocycles. The van der Waals surface area contributed by atoms with E-state index in [0.29, 0.717) is 13.0 Å². The van der Waals surface area contributed by atoms with Crippen molar-refractivity contribution in [3.8, 4) is 0 Å². The summed E-state index contributed by atoms with van der Waals surface area (Å²) >= 11 is 0. The molecular weight excluding hydrogens is 304 g/mol. The van der Waals surface area contributed by atoms with Crippen LogP contribution in [0.15, 0.2) is 24.5 Å². The number of fused-ring (bicyclic) bond motifs is 1. The standard InChI is InChI=1S/C18H26N4O2/c1-13-6-5-8-22-14(13)12-19-17(22)18(2,3)20-16(23)15-7-9-21(4)10-11-24-15/h5-6,8,12,15H,7,9-11H2,1-4H3,(H,20,23). The van der Waals surface area contributed by atoms with Gasteiger partial charge in [0.25, 0.3) is 0 Å². The average molecular weight is 330 g/mol. The molecule has 3 rings (SSSR count). The van der Waals surface area contributed by atoms with E-state index in [2.05, 4.69) is 28.2 Å². The number of likely N-dealkylation sites (N-methyl/N-ethyl adjacent to an activating group) is 1. The number of pyridine rings is 1. The lowest BCUT2D eigenvalue weighted by Gasteiger charge is -2.27. The van der Waals surface area contributed by atoms with Crippen molar-refractivity contribution in [2.24, 2.45) is 0 Å². The van der Waals surface area contributed by atoms with Gasteiger partial charge < -0.3 is 19.4 Å². The van der Waals surface area contributed by atoms with Gasteiger partial charge in [-0.2, -0.15) is 0 Å². The van der Waals surface area contributed by atoms with Gasteiger partial charge in [-0.1, -0.05) is 6.07 Å². The van der Waals surface area contributed by atoms with Gasteiger partial charge in [-0.05, 0) is 45.9 Å². The van der Waals surface area contributed by atoms with Crippen molar-refractivity contribution in [3.05, 3.63) is 35.9 Å². The molecule has 0 aliphatic carbocycles. The molecule has 1 saturated heterocycles. The molecule has 1 atom stereocenters. The number of nitrogens with one attached hydrogen (secondary N) is 1. The number of amides is 1. The Balaban J connectivity index is 1.79. The van der Waals surface area contributed by atoms with E-state index in [1.165, 1.54) is 0 Å². The van der Waals surface area contributed by atoms with Crippen LogP contribution in [0, 0.1) is 6.92 Å². The summed E-state index contributed by atoms with van der Waals surface area (Å²) in [5.41, 5.74) is 1.63. The fourth-order valence-corrected chi connectivity index (χ4v) is 3.16. The maximum Gasteiger partial charge on any atom is 0.249 e. The molecule has 130 valence electrons. The molecule has 24 heavy (non-hydrogen) atoms. The van der Waals surface area contributed by atoms with E-state index in [9.17, 15) is 4.79 Å². The fraction of sp³-hybridized carbons (Fsp3) is 0.556. The van der Waals surface area contributed by atoms with Crippen molar-refractivity contribution in [2.75, 3.05) is 26.7 Å². The van der Waals surface area contributed by atoms with Crippen molar-refractivity contribution >= 4 is 11.4 Å². The Morgan fingerprint density at radius 2 is 2.21 bits per heavy atom. The number of hydrogen-bond donors (Lipinski definition) is 1. The minimum Gasteiger partial charge on any atom is -0.367 e. The van der Waals surface area contributed by atoms with Crippen LogP contribution in [0.4, 0.5) is 0 Å². The van der Waals surface area contributed by atoms with Gasteiger partial charge in [-0.3, -0.25) is 4.79 Å². The summed E-state index contributed by atoms with van der Waals surface area (Å²) < 4.78 is 7.76. The van der Waals surface area contributed by atoms with Crippen LogP contribution < -0.4 is 5.32 Å². The molecule has 1 unspecified atom stereocenters. The summed E-state index contributed by atoms with van der Waals surface area (Å²) in [5, 5.41) is 3.12. The molecule has 6 heteroatoms. The first-order chi connectivity index (χ1) is 11.4. The average Bonchev–Trinajstić information content (AvgIpc) is 2.85. The van der Waals surface area contributed by atoms with Crippen molar-refractivity contribution in [3.63, 3.8) is 0 Å². The smallest absolute Gasteiger partial charge is 0.249 e. The van der Waals surface area contributed by atoms with E-state index < -0.39 is 11.6 Å². The van der Waals surface area contributed by atoms with Crippen LogP contribution in [0.3, 0.4) is 0 Å². The number of rotatable bonds is 3. The van der Waals surface area contributed by atoms with Crippen LogP contribution in [-0.4, -0.2) is 53.0 Å². The Hall–Kier alpha value is -1.92. The normalized spacial score (nSPS) is 20.1. The zero-order valence-electron chi connectivity index (χ0n) is 14.9. The second kappa shape index (κ2) is 6.53. The van der Waals surface area contributed by atoms with E-state index in [1.807, 2.05) is 43.8 Å². The topological polar surface area (TPSA) is 58.9 Å². The molecule has 2 aromatic rings. The number of nitrogens with zero attached hydrogens (tertiary/aromatic N) is 3. The predicted octanol–water partition coefficient (Wildman–Crippen LogP) is 1.71. The number of aryl methyl sites for hydroxylation is 1. The monoisotopic (exact) mass is 330 g/mol. The quantitative estimate of drug-likeness (QED) is 0.931. The zero-order valence-corrected chi connectivity index (χ0v) is 14.9. The molecule has 0 saturated carbocycles. The number of ether oxygens (including phenoxy) is 1. The van der Waals surface area contributed by atoms with Crippen molar-refractivity contribution in [1.82, 2.24) is 19.6 Å². The minimum atomic E-state index is -0.584. The van der Waals surface area contributed by atoms with Crippen LogP contribution in [0.5, 0.6) is 0 Å². The lowest BCUT2D eigenvalue weighted by Crippen LogP contribution is -2.47. The molecule has 3 heterocycles. The highest BCUT2D eigenvalue weighted by Gasteiger charge is 2.31. The molecule has 0 radical (unpaired) electrons. The van der Waals surface area contributed by atoms with Crippen molar-refractivity contribution in [1.29, 1.82) is 0 Å². The van der Waals surface area contributed by atoms with Crippen molar-refractivity contribution in [2.45, 2.75) is 38.8 Å². The lowest BCUT2D eigenvalue weighted by molar-refractivity contribution is -0.134. The molecule has 1 fully saturated rings. The predicted molar refractivity (Wildman–Crippen MR) is 93.0 cm³/mol. The van der Waals surface area contributed by atoms with Crippen LogP contribution in [0.1, 0.15) is 31.7 Å². The summed E-state index contributed by atoms with van der Waals surface area (Å²) in [4.78, 5) is 19.4. The molecule has 6 nitrogen and oxygen atoms in total. The van der Waals surface area contributed by atoms with Crippen LogP contribution in [0.25, 0.3) is 5.52 Å². The van der Waals surface area contributed by atoms with E-state index in [0.717, 1.165) is 30.0 Å². The highest BCUT2D eigenvalue weighted by molar-refractivity contribution is 5.81. The summed E-state index contributed by atoms with van der Waals surface area (Å²) in [7, 11) is 2.05. The van der Waals surface area contributed by atoms with Gasteiger partial charge >= 0.3 is 0 Å². The van der Waals surface area contributed by atoms with Gasteiger partial charge in [0.2, 0.25) is 5.91 Å². The van der Waals surface area contributed by atoms with E-state index in [4.69, 9.17) is 4.74 Å². The second-order valence-corrected chi connectivity index (χ2v) is 7.09. The van der Waals surface area contributed by atoms with Crippen molar-refractivity contribution < 1.29 is 9.53 Å². The SMILES string of the molecule is Cc1cccn2c(C(C)(C)NC(=O)C3CCN(C)CCO3)ncc12. The number of aromatic nitrogens is 2. The Bertz CT molecular complexity index is 738. The first-order valence-electron chi connectivity index (χ1n) is 8.44. The minimum absolute atomic E-state index is 0.0697. The largest absolute Gasteiger partial charge is 0.367 e.